The largest absolute Gasteiger partial charge is 0.0776 e. The topological polar surface area (TPSA) is 0 Å². The van der Waals surface area contributed by atoms with Crippen LogP contribution in [0.3, 0.4) is 0 Å². The zero-order valence-electron chi connectivity index (χ0n) is 20.8. The molecule has 0 saturated heterocycles. The van der Waals surface area contributed by atoms with Gasteiger partial charge in [-0.25, -0.2) is 0 Å². The molecule has 0 radical (unpaired) electrons. The Bertz CT molecular complexity index is 1080. The fourth-order valence-corrected chi connectivity index (χ4v) is 5.99. The molecule has 0 amide bonds. The average molecular weight is 429 g/mol. The van der Waals surface area contributed by atoms with Crippen LogP contribution in [0.1, 0.15) is 90.1 Å². The highest BCUT2D eigenvalue weighted by atomic mass is 14.2. The Morgan fingerprint density at radius 3 is 1.88 bits per heavy atom. The molecule has 3 aromatic carbocycles. The maximum Gasteiger partial charge on any atom is -0.00202 e. The number of hydrogen-bond acceptors (Lipinski definition) is 0. The lowest BCUT2D eigenvalue weighted by molar-refractivity contribution is 0.289. The summed E-state index contributed by atoms with van der Waals surface area (Å²) in [6.07, 6.45) is 7.95. The summed E-state index contributed by atoms with van der Waals surface area (Å²) in [5.41, 5.74) is 13.1. The summed E-state index contributed by atoms with van der Waals surface area (Å²) in [5, 5.41) is 2.84. The monoisotopic (exact) mass is 428 g/mol. The fourth-order valence-electron chi connectivity index (χ4n) is 5.99. The van der Waals surface area contributed by atoms with Gasteiger partial charge >= 0.3 is 0 Å². The van der Waals surface area contributed by atoms with Gasteiger partial charge in [-0.15, -0.1) is 0 Å². The molecule has 3 aromatic rings. The van der Waals surface area contributed by atoms with Crippen LogP contribution in [0.15, 0.2) is 30.3 Å². The van der Waals surface area contributed by atoms with E-state index in [2.05, 4.69) is 78.8 Å². The normalized spacial score (nSPS) is 18.6. The number of aryl methyl sites for hydroxylation is 5. The van der Waals surface area contributed by atoms with E-state index in [1.165, 1.54) is 87.4 Å². The van der Waals surface area contributed by atoms with Crippen LogP contribution in [0.25, 0.3) is 10.8 Å². The maximum absolute atomic E-state index is 2.48. The van der Waals surface area contributed by atoms with Crippen LogP contribution in [-0.4, -0.2) is 0 Å². The quantitative estimate of drug-likeness (QED) is 0.388. The van der Waals surface area contributed by atoms with Crippen molar-refractivity contribution in [2.45, 2.75) is 94.4 Å². The number of rotatable bonds is 4. The highest BCUT2D eigenvalue weighted by molar-refractivity contribution is 5.91. The summed E-state index contributed by atoms with van der Waals surface area (Å²) >= 11 is 0. The summed E-state index contributed by atoms with van der Waals surface area (Å²) in [6.45, 7) is 16.1. The van der Waals surface area contributed by atoms with Crippen molar-refractivity contribution in [1.29, 1.82) is 0 Å². The number of fused-ring (bicyclic) bond motifs is 1. The van der Waals surface area contributed by atoms with Crippen LogP contribution in [-0.2, 0) is 12.8 Å². The van der Waals surface area contributed by atoms with Gasteiger partial charge in [0.05, 0.1) is 0 Å². The first-order chi connectivity index (χ1) is 14.7. The predicted octanol–water partition coefficient (Wildman–Crippen LogP) is 9.29. The maximum atomic E-state index is 2.48. The van der Waals surface area contributed by atoms with Crippen LogP contribution in [0.4, 0.5) is 0 Å². The second-order valence-corrected chi connectivity index (χ2v) is 10.7. The molecule has 0 aromatic heterocycles. The van der Waals surface area contributed by atoms with E-state index in [1.54, 1.807) is 5.56 Å². The summed E-state index contributed by atoms with van der Waals surface area (Å²) in [6, 6.07) is 12.2. The lowest BCUT2D eigenvalue weighted by Gasteiger charge is -2.26. The van der Waals surface area contributed by atoms with Crippen molar-refractivity contribution in [1.82, 2.24) is 0 Å². The van der Waals surface area contributed by atoms with Gasteiger partial charge in [0.15, 0.2) is 0 Å². The van der Waals surface area contributed by atoms with Crippen molar-refractivity contribution in [2.75, 3.05) is 0 Å². The molecule has 4 rings (SSSR count). The first-order valence-corrected chi connectivity index (χ1v) is 12.3. The van der Waals surface area contributed by atoms with Crippen LogP contribution < -0.4 is 0 Å². The first kappa shape index (κ1) is 24.6. The van der Waals surface area contributed by atoms with E-state index in [0.717, 1.165) is 18.3 Å². The minimum absolute atomic E-state index is 0. The summed E-state index contributed by atoms with van der Waals surface area (Å²) in [4.78, 5) is 0. The molecular formula is C32H44. The van der Waals surface area contributed by atoms with Crippen LogP contribution in [0.2, 0.25) is 0 Å². The average Bonchev–Trinajstić information content (AvgIpc) is 2.70. The van der Waals surface area contributed by atoms with E-state index in [0.29, 0.717) is 0 Å². The van der Waals surface area contributed by atoms with Gasteiger partial charge in [0.25, 0.3) is 0 Å². The summed E-state index contributed by atoms with van der Waals surface area (Å²) in [5.74, 6) is 1.82. The molecule has 0 nitrogen and oxygen atoms in total. The number of benzene rings is 3. The molecule has 1 saturated carbocycles. The predicted molar refractivity (Wildman–Crippen MR) is 143 cm³/mol. The Labute approximate surface area is 197 Å². The minimum atomic E-state index is 0. The van der Waals surface area contributed by atoms with Gasteiger partial charge in [-0.3, -0.25) is 0 Å². The fraction of sp³-hybridized carbons (Fsp3) is 0.500. The van der Waals surface area contributed by atoms with E-state index in [4.69, 9.17) is 0 Å². The zero-order valence-corrected chi connectivity index (χ0v) is 20.8. The molecule has 172 valence electrons. The molecule has 1 fully saturated rings. The SMILES string of the molecule is C.Cc1cc2cc(Cc3c(C)cc(CC4CCC(C)CC4)cc3C)cc(C)c2c(C)c1C. The van der Waals surface area contributed by atoms with Crippen molar-refractivity contribution in [3.05, 3.63) is 80.4 Å². The van der Waals surface area contributed by atoms with Gasteiger partial charge in [0.2, 0.25) is 0 Å². The van der Waals surface area contributed by atoms with E-state index in [9.17, 15) is 0 Å². The smallest absolute Gasteiger partial charge is 0.00202 e. The van der Waals surface area contributed by atoms with Gasteiger partial charge < -0.3 is 0 Å². The molecule has 0 unspecified atom stereocenters. The number of hydrogen-bond donors (Lipinski definition) is 0. The van der Waals surface area contributed by atoms with Gasteiger partial charge in [0.1, 0.15) is 0 Å². The van der Waals surface area contributed by atoms with Crippen LogP contribution in [0.5, 0.6) is 0 Å². The van der Waals surface area contributed by atoms with Crippen molar-refractivity contribution in [3.63, 3.8) is 0 Å². The van der Waals surface area contributed by atoms with Crippen LogP contribution in [0, 0.1) is 53.4 Å². The lowest BCUT2D eigenvalue weighted by Crippen LogP contribution is -2.14. The molecule has 0 heteroatoms. The van der Waals surface area contributed by atoms with E-state index < -0.39 is 0 Å². The molecule has 32 heavy (non-hydrogen) atoms. The van der Waals surface area contributed by atoms with Gasteiger partial charge in [-0.1, -0.05) is 57.5 Å². The van der Waals surface area contributed by atoms with E-state index >= 15 is 0 Å². The Morgan fingerprint density at radius 1 is 0.656 bits per heavy atom. The third-order valence-corrected chi connectivity index (χ3v) is 8.12. The Kier molecular flexibility index (Phi) is 7.53. The third-order valence-electron chi connectivity index (χ3n) is 8.12. The van der Waals surface area contributed by atoms with Crippen molar-refractivity contribution in [2.24, 2.45) is 11.8 Å². The molecule has 1 aliphatic rings. The van der Waals surface area contributed by atoms with Crippen molar-refractivity contribution < 1.29 is 0 Å². The molecule has 0 bridgehead atoms. The highest BCUT2D eigenvalue weighted by Gasteiger charge is 2.19. The van der Waals surface area contributed by atoms with Gasteiger partial charge in [-0.05, 0) is 140 Å². The summed E-state index contributed by atoms with van der Waals surface area (Å²) in [7, 11) is 0. The minimum Gasteiger partial charge on any atom is -0.0776 e. The molecule has 0 atom stereocenters. The van der Waals surface area contributed by atoms with Crippen molar-refractivity contribution >= 4 is 10.8 Å². The van der Waals surface area contributed by atoms with Crippen molar-refractivity contribution in [3.8, 4) is 0 Å². The molecule has 0 N–H and O–H groups in total. The molecule has 0 aliphatic heterocycles. The zero-order chi connectivity index (χ0) is 22.3. The second-order valence-electron chi connectivity index (χ2n) is 10.7. The Balaban J connectivity index is 0.00000289. The summed E-state index contributed by atoms with van der Waals surface area (Å²) < 4.78 is 0. The lowest BCUT2D eigenvalue weighted by atomic mass is 9.79. The first-order valence-electron chi connectivity index (χ1n) is 12.3. The molecular weight excluding hydrogens is 384 g/mol. The van der Waals surface area contributed by atoms with Gasteiger partial charge in [0, 0.05) is 0 Å². The standard InChI is InChI=1S/C31H40.CH4/c1-19-8-10-26(11-9-19)16-27-12-21(3)30(22(4)13-27)18-28-14-23(5)31-25(7)24(6)20(2)15-29(31)17-28;/h12-15,17,19,26H,8-11,16,18H2,1-7H3;1H4. The molecule has 0 spiro atoms. The van der Waals surface area contributed by atoms with E-state index in [-0.39, 0.29) is 7.43 Å². The molecule has 1 aliphatic carbocycles. The molecule has 0 heterocycles. The third kappa shape index (κ3) is 4.95. The van der Waals surface area contributed by atoms with Gasteiger partial charge in [-0.2, -0.15) is 0 Å². The Morgan fingerprint density at radius 2 is 1.25 bits per heavy atom. The van der Waals surface area contributed by atoms with E-state index in [1.807, 2.05) is 0 Å². The second kappa shape index (κ2) is 9.82. The van der Waals surface area contributed by atoms with Crippen LogP contribution >= 0.6 is 0 Å². The highest BCUT2D eigenvalue weighted by Crippen LogP contribution is 2.33. The Hall–Kier alpha value is -2.08.